The first-order valence-electron chi connectivity index (χ1n) is 7.15. The number of benzene rings is 2. The summed E-state index contributed by atoms with van der Waals surface area (Å²) in [5, 5.41) is 3.16. The fourth-order valence-corrected chi connectivity index (χ4v) is 2.15. The number of ketones is 1. The number of Topliss-reactive ketones (excluding diaryl/α,β-unsaturated/α-hetero) is 1. The highest BCUT2D eigenvalue weighted by Crippen LogP contribution is 2.24. The van der Waals surface area contributed by atoms with Crippen molar-refractivity contribution in [3.8, 4) is 11.5 Å². The Hall–Kier alpha value is -2.33. The van der Waals surface area contributed by atoms with Gasteiger partial charge in [-0.2, -0.15) is 0 Å². The third-order valence-electron chi connectivity index (χ3n) is 3.44. The molecule has 0 amide bonds. The molecule has 116 valence electrons. The second-order valence-electron chi connectivity index (χ2n) is 5.08. The molecule has 0 aromatic heterocycles. The van der Waals surface area contributed by atoms with Crippen LogP contribution >= 0.6 is 0 Å². The molecule has 0 radical (unpaired) electrons. The van der Waals surface area contributed by atoms with E-state index in [1.165, 1.54) is 5.56 Å². The Kier molecular flexibility index (Phi) is 5.55. The van der Waals surface area contributed by atoms with Crippen molar-refractivity contribution in [2.75, 3.05) is 20.8 Å². The summed E-state index contributed by atoms with van der Waals surface area (Å²) in [6.07, 6.45) is 0. The van der Waals surface area contributed by atoms with Crippen LogP contribution in [0.5, 0.6) is 11.5 Å². The molecule has 0 heterocycles. The fraction of sp³-hybridized carbons (Fsp3) is 0.278. The Morgan fingerprint density at radius 1 is 1.05 bits per heavy atom. The molecule has 0 unspecified atom stereocenters. The van der Waals surface area contributed by atoms with Crippen LogP contribution < -0.4 is 14.8 Å². The Morgan fingerprint density at radius 2 is 1.77 bits per heavy atom. The number of nitrogens with one attached hydrogen (secondary N) is 1. The minimum absolute atomic E-state index is 0.0251. The molecule has 0 aliphatic heterocycles. The number of carbonyl (C=O) groups is 1. The minimum atomic E-state index is -0.0251. The smallest absolute Gasteiger partial charge is 0.180 e. The lowest BCUT2D eigenvalue weighted by molar-refractivity contribution is 0.0987. The first kappa shape index (κ1) is 16.0. The maximum Gasteiger partial charge on any atom is 0.180 e. The van der Waals surface area contributed by atoms with Crippen molar-refractivity contribution in [2.45, 2.75) is 13.5 Å². The average Bonchev–Trinajstić information content (AvgIpc) is 2.56. The molecule has 0 atom stereocenters. The van der Waals surface area contributed by atoms with Gasteiger partial charge in [-0.1, -0.05) is 29.8 Å². The maximum atomic E-state index is 12.3. The zero-order valence-electron chi connectivity index (χ0n) is 13.2. The van der Waals surface area contributed by atoms with Crippen LogP contribution in [0.25, 0.3) is 0 Å². The van der Waals surface area contributed by atoms with Crippen LogP contribution in [0.3, 0.4) is 0 Å². The van der Waals surface area contributed by atoms with Crippen LogP contribution in [-0.4, -0.2) is 26.5 Å². The van der Waals surface area contributed by atoms with Crippen molar-refractivity contribution in [3.63, 3.8) is 0 Å². The summed E-state index contributed by atoms with van der Waals surface area (Å²) in [4.78, 5) is 12.3. The van der Waals surface area contributed by atoms with Gasteiger partial charge >= 0.3 is 0 Å². The quantitative estimate of drug-likeness (QED) is 0.799. The van der Waals surface area contributed by atoms with Gasteiger partial charge in [-0.3, -0.25) is 4.79 Å². The summed E-state index contributed by atoms with van der Waals surface area (Å²) in [7, 11) is 3.13. The lowest BCUT2D eigenvalue weighted by Gasteiger charge is -2.10. The SMILES string of the molecule is COc1ccc(OC)c(C(=O)CNCc2ccc(C)cc2)c1. The molecule has 0 saturated heterocycles. The summed E-state index contributed by atoms with van der Waals surface area (Å²) in [6.45, 7) is 2.95. The molecule has 0 bridgehead atoms. The Balaban J connectivity index is 1.98. The number of ether oxygens (including phenoxy) is 2. The first-order valence-corrected chi connectivity index (χ1v) is 7.15. The van der Waals surface area contributed by atoms with Gasteiger partial charge in [0.25, 0.3) is 0 Å². The molecule has 0 spiro atoms. The van der Waals surface area contributed by atoms with Gasteiger partial charge in [0.15, 0.2) is 5.78 Å². The molecule has 0 aliphatic carbocycles. The van der Waals surface area contributed by atoms with Crippen molar-refractivity contribution in [3.05, 3.63) is 59.2 Å². The third kappa shape index (κ3) is 4.09. The monoisotopic (exact) mass is 299 g/mol. The van der Waals surface area contributed by atoms with Gasteiger partial charge in [-0.25, -0.2) is 0 Å². The molecule has 2 aromatic rings. The largest absolute Gasteiger partial charge is 0.497 e. The zero-order chi connectivity index (χ0) is 15.9. The van der Waals surface area contributed by atoms with E-state index in [1.54, 1.807) is 32.4 Å². The van der Waals surface area contributed by atoms with Gasteiger partial charge in [0.1, 0.15) is 11.5 Å². The lowest BCUT2D eigenvalue weighted by atomic mass is 10.1. The maximum absolute atomic E-state index is 12.3. The Morgan fingerprint density at radius 3 is 2.41 bits per heavy atom. The van der Waals surface area contributed by atoms with E-state index in [9.17, 15) is 4.79 Å². The van der Waals surface area contributed by atoms with Crippen molar-refractivity contribution in [2.24, 2.45) is 0 Å². The van der Waals surface area contributed by atoms with E-state index in [0.717, 1.165) is 5.56 Å². The highest BCUT2D eigenvalue weighted by molar-refractivity contribution is 6.00. The van der Waals surface area contributed by atoms with Crippen LogP contribution in [0.15, 0.2) is 42.5 Å². The predicted octanol–water partition coefficient (Wildman–Crippen LogP) is 2.98. The second kappa shape index (κ2) is 7.61. The van der Waals surface area contributed by atoms with E-state index >= 15 is 0 Å². The highest BCUT2D eigenvalue weighted by Gasteiger charge is 2.13. The van der Waals surface area contributed by atoms with E-state index in [2.05, 4.69) is 36.5 Å². The first-order chi connectivity index (χ1) is 10.6. The van der Waals surface area contributed by atoms with Crippen LogP contribution in [0.1, 0.15) is 21.5 Å². The van der Waals surface area contributed by atoms with Crippen LogP contribution in [-0.2, 0) is 6.54 Å². The van der Waals surface area contributed by atoms with Gasteiger partial charge in [0.2, 0.25) is 0 Å². The van der Waals surface area contributed by atoms with E-state index in [-0.39, 0.29) is 12.3 Å². The average molecular weight is 299 g/mol. The molecular formula is C18H21NO3. The minimum Gasteiger partial charge on any atom is -0.497 e. The van der Waals surface area contributed by atoms with Crippen LogP contribution in [0, 0.1) is 6.92 Å². The third-order valence-corrected chi connectivity index (χ3v) is 3.44. The van der Waals surface area contributed by atoms with Crippen LogP contribution in [0.2, 0.25) is 0 Å². The molecule has 0 saturated carbocycles. The number of hydrogen-bond acceptors (Lipinski definition) is 4. The van der Waals surface area contributed by atoms with E-state index < -0.39 is 0 Å². The molecule has 2 aromatic carbocycles. The molecule has 22 heavy (non-hydrogen) atoms. The van der Waals surface area contributed by atoms with Crippen molar-refractivity contribution in [1.29, 1.82) is 0 Å². The summed E-state index contributed by atoms with van der Waals surface area (Å²) in [5.41, 5.74) is 2.90. The molecule has 0 aliphatic rings. The van der Waals surface area contributed by atoms with Gasteiger partial charge in [-0.15, -0.1) is 0 Å². The summed E-state index contributed by atoms with van der Waals surface area (Å²) < 4.78 is 10.4. The summed E-state index contributed by atoms with van der Waals surface area (Å²) in [6, 6.07) is 13.4. The number of rotatable bonds is 7. The second-order valence-corrected chi connectivity index (χ2v) is 5.08. The molecule has 0 fully saturated rings. The molecule has 1 N–H and O–H groups in total. The Bertz CT molecular complexity index is 635. The number of hydrogen-bond donors (Lipinski definition) is 1. The van der Waals surface area contributed by atoms with Gasteiger partial charge < -0.3 is 14.8 Å². The van der Waals surface area contributed by atoms with E-state index in [1.807, 2.05) is 0 Å². The molecule has 2 rings (SSSR count). The number of methoxy groups -OCH3 is 2. The lowest BCUT2D eigenvalue weighted by Crippen LogP contribution is -2.23. The zero-order valence-corrected chi connectivity index (χ0v) is 13.2. The Labute approximate surface area is 131 Å². The molecule has 4 heteroatoms. The number of aryl methyl sites for hydroxylation is 1. The van der Waals surface area contributed by atoms with Gasteiger partial charge in [-0.05, 0) is 30.7 Å². The van der Waals surface area contributed by atoms with Gasteiger partial charge in [0.05, 0.1) is 26.3 Å². The summed E-state index contributed by atoms with van der Waals surface area (Å²) >= 11 is 0. The van der Waals surface area contributed by atoms with E-state index in [4.69, 9.17) is 9.47 Å². The number of carbonyl (C=O) groups excluding carboxylic acids is 1. The van der Waals surface area contributed by atoms with Crippen LogP contribution in [0.4, 0.5) is 0 Å². The normalized spacial score (nSPS) is 10.3. The predicted molar refractivity (Wildman–Crippen MR) is 86.8 cm³/mol. The van der Waals surface area contributed by atoms with Gasteiger partial charge in [0, 0.05) is 6.54 Å². The van der Waals surface area contributed by atoms with Crippen molar-refractivity contribution < 1.29 is 14.3 Å². The highest BCUT2D eigenvalue weighted by atomic mass is 16.5. The topological polar surface area (TPSA) is 47.6 Å². The van der Waals surface area contributed by atoms with Crippen molar-refractivity contribution >= 4 is 5.78 Å². The standard InChI is InChI=1S/C18H21NO3/c1-13-4-6-14(7-5-13)11-19-12-17(20)16-10-15(21-2)8-9-18(16)22-3/h4-10,19H,11-12H2,1-3H3. The van der Waals surface area contributed by atoms with Crippen molar-refractivity contribution in [1.82, 2.24) is 5.32 Å². The summed E-state index contributed by atoms with van der Waals surface area (Å²) in [5.74, 6) is 1.17. The molecule has 4 nitrogen and oxygen atoms in total. The van der Waals surface area contributed by atoms with E-state index in [0.29, 0.717) is 23.6 Å². The molecular weight excluding hydrogens is 278 g/mol. The fourth-order valence-electron chi connectivity index (χ4n) is 2.15.